The number of piperidine rings is 1. The molecule has 210 valence electrons. The van der Waals surface area contributed by atoms with Gasteiger partial charge in [0.05, 0.1) is 11.6 Å². The van der Waals surface area contributed by atoms with Crippen molar-refractivity contribution < 1.29 is 39.2 Å². The Kier molecular flexibility index (Phi) is 6.60. The zero-order valence-corrected chi connectivity index (χ0v) is 22.2. The number of fused-ring (bicyclic) bond motifs is 3. The first kappa shape index (κ1) is 27.3. The summed E-state index contributed by atoms with van der Waals surface area (Å²) in [7, 11) is 3.05. The molecule has 2 fully saturated rings. The number of likely N-dealkylation sites (N-methyl/N-ethyl adjacent to an activating group) is 1. The van der Waals surface area contributed by atoms with Gasteiger partial charge in [-0.05, 0) is 65.2 Å². The lowest BCUT2D eigenvalue weighted by Crippen LogP contribution is -2.65. The van der Waals surface area contributed by atoms with Crippen molar-refractivity contribution in [2.75, 3.05) is 20.6 Å². The highest BCUT2D eigenvalue weighted by atomic mass is 19.1. The average molecular weight is 544 g/mol. The fourth-order valence-electron chi connectivity index (χ4n) is 7.07. The van der Waals surface area contributed by atoms with Crippen molar-refractivity contribution >= 4 is 23.2 Å². The molecule has 0 radical (unpaired) electrons. The summed E-state index contributed by atoms with van der Waals surface area (Å²) in [6, 6.07) is 0.316. The number of aliphatic hydroxyl groups is 3. The molecule has 1 heterocycles. The maximum absolute atomic E-state index is 16.0. The zero-order chi connectivity index (χ0) is 28.5. The van der Waals surface area contributed by atoms with Gasteiger partial charge in [-0.15, -0.1) is 0 Å². The van der Waals surface area contributed by atoms with Crippen molar-refractivity contribution in [2.45, 2.75) is 63.3 Å². The molecule has 5 atom stereocenters. The second-order valence-corrected chi connectivity index (χ2v) is 11.5. The van der Waals surface area contributed by atoms with Crippen LogP contribution in [0.15, 0.2) is 23.0 Å². The number of aromatic hydroxyl groups is 1. The second-order valence-electron chi connectivity index (χ2n) is 11.5. The van der Waals surface area contributed by atoms with Crippen LogP contribution in [0.25, 0.3) is 5.76 Å². The van der Waals surface area contributed by atoms with E-state index in [1.165, 1.54) is 25.1 Å². The van der Waals surface area contributed by atoms with Gasteiger partial charge in [-0.3, -0.25) is 24.2 Å². The molecular weight excluding hydrogens is 509 g/mol. The van der Waals surface area contributed by atoms with Gasteiger partial charge in [0.2, 0.25) is 5.78 Å². The lowest BCUT2D eigenvalue weighted by atomic mass is 9.57. The van der Waals surface area contributed by atoms with E-state index in [9.17, 15) is 34.8 Å². The van der Waals surface area contributed by atoms with Gasteiger partial charge in [-0.2, -0.15) is 0 Å². The Bertz CT molecular complexity index is 1350. The molecule has 10 nitrogen and oxygen atoms in total. The van der Waals surface area contributed by atoms with E-state index < -0.39 is 69.6 Å². The predicted molar refractivity (Wildman–Crippen MR) is 138 cm³/mol. The summed E-state index contributed by atoms with van der Waals surface area (Å²) >= 11 is 0. The van der Waals surface area contributed by atoms with Crippen molar-refractivity contribution in [1.82, 2.24) is 9.80 Å². The van der Waals surface area contributed by atoms with Crippen LogP contribution in [0.2, 0.25) is 0 Å². The molecule has 1 aromatic rings. The van der Waals surface area contributed by atoms with E-state index in [1.807, 2.05) is 0 Å². The van der Waals surface area contributed by atoms with E-state index in [2.05, 4.69) is 11.8 Å². The summed E-state index contributed by atoms with van der Waals surface area (Å²) in [6.07, 6.45) is 2.93. The SMILES string of the molecule is C[C@H]1CCCCN1Cc1cc(O)c2c(c1F)C[C@H]1C[C@H]3[C@H](N(C)C)C(=O)C(C(N)=O)=C(O)[C@@]3(O)C(=O)C1=C2O. The van der Waals surface area contributed by atoms with Crippen LogP contribution < -0.4 is 5.73 Å². The molecule has 1 amide bonds. The number of phenolic OH excluding ortho intramolecular Hbond substituents is 1. The monoisotopic (exact) mass is 543 g/mol. The van der Waals surface area contributed by atoms with Gasteiger partial charge in [-0.25, -0.2) is 4.39 Å². The van der Waals surface area contributed by atoms with Gasteiger partial charge >= 0.3 is 0 Å². The number of hydrogen-bond acceptors (Lipinski definition) is 9. The van der Waals surface area contributed by atoms with Crippen LogP contribution in [0.1, 0.15) is 49.3 Å². The number of aliphatic hydroxyl groups excluding tert-OH is 2. The zero-order valence-electron chi connectivity index (χ0n) is 22.2. The number of rotatable bonds is 4. The summed E-state index contributed by atoms with van der Waals surface area (Å²) in [4.78, 5) is 42.6. The number of hydrogen-bond donors (Lipinski definition) is 5. The third-order valence-electron chi connectivity index (χ3n) is 9.04. The fourth-order valence-corrected chi connectivity index (χ4v) is 7.07. The van der Waals surface area contributed by atoms with Crippen molar-refractivity contribution in [3.05, 3.63) is 45.5 Å². The minimum absolute atomic E-state index is 0.0558. The smallest absolute Gasteiger partial charge is 0.255 e. The predicted octanol–water partition coefficient (Wildman–Crippen LogP) is 1.48. The molecular formula is C28H34FN3O7. The largest absolute Gasteiger partial charge is 0.508 e. The summed E-state index contributed by atoms with van der Waals surface area (Å²) in [5.74, 6) is -8.09. The van der Waals surface area contributed by atoms with Crippen LogP contribution in [0.3, 0.4) is 0 Å². The average Bonchev–Trinajstić information content (AvgIpc) is 2.85. The standard InChI is InChI=1S/C28H34FN3O7/c1-12-6-4-5-7-32(12)11-14-10-17(33)19-15(21(14)29)8-13-9-16-22(31(2)3)24(35)20(27(30)38)26(37)28(16,39)25(36)18(13)23(19)34/h10,12-13,16,22,33-34,37,39H,4-9,11H2,1-3H3,(H2,30,38)/t12-,13-,16-,22-,28-/m0/s1. The molecule has 39 heavy (non-hydrogen) atoms. The first-order valence-electron chi connectivity index (χ1n) is 13.2. The number of Topliss-reactive ketones (excluding diaryl/α,β-unsaturated/α-hetero) is 2. The number of halogens is 1. The molecule has 1 aliphatic heterocycles. The maximum atomic E-state index is 16.0. The first-order valence-corrected chi connectivity index (χ1v) is 13.2. The fraction of sp³-hybridized carbons (Fsp3) is 0.536. The van der Waals surface area contributed by atoms with Crippen LogP contribution in [-0.2, 0) is 27.3 Å². The highest BCUT2D eigenvalue weighted by Crippen LogP contribution is 2.53. The number of carbonyl (C=O) groups is 3. The van der Waals surface area contributed by atoms with Crippen LogP contribution in [0.5, 0.6) is 5.75 Å². The van der Waals surface area contributed by atoms with Crippen molar-refractivity contribution in [1.29, 1.82) is 0 Å². The Balaban J connectivity index is 1.63. The molecule has 6 N–H and O–H groups in total. The Morgan fingerprint density at radius 1 is 1.23 bits per heavy atom. The molecule has 3 aliphatic carbocycles. The lowest BCUT2D eigenvalue weighted by Gasteiger charge is -2.50. The van der Waals surface area contributed by atoms with Gasteiger partial charge in [0.1, 0.15) is 28.7 Å². The number of amides is 1. The van der Waals surface area contributed by atoms with Crippen molar-refractivity contribution in [3.63, 3.8) is 0 Å². The maximum Gasteiger partial charge on any atom is 0.255 e. The molecule has 0 bridgehead atoms. The number of phenols is 1. The molecule has 11 heteroatoms. The van der Waals surface area contributed by atoms with E-state index >= 15 is 4.39 Å². The summed E-state index contributed by atoms with van der Waals surface area (Å²) in [5.41, 5.74) is 1.54. The highest BCUT2D eigenvalue weighted by molar-refractivity contribution is 6.24. The van der Waals surface area contributed by atoms with Crippen LogP contribution >= 0.6 is 0 Å². The molecule has 0 spiro atoms. The molecule has 1 saturated heterocycles. The number of carbonyl (C=O) groups excluding carboxylic acids is 3. The number of nitrogens with two attached hydrogens (primary N) is 1. The van der Waals surface area contributed by atoms with Gasteiger partial charge in [0.25, 0.3) is 5.91 Å². The lowest BCUT2D eigenvalue weighted by molar-refractivity contribution is -0.153. The van der Waals surface area contributed by atoms with E-state index in [0.717, 1.165) is 25.8 Å². The number of primary amides is 1. The first-order chi connectivity index (χ1) is 18.3. The van der Waals surface area contributed by atoms with Crippen molar-refractivity contribution in [3.8, 4) is 5.75 Å². The van der Waals surface area contributed by atoms with Crippen LogP contribution in [0.4, 0.5) is 4.39 Å². The molecule has 5 rings (SSSR count). The number of likely N-dealkylation sites (tertiary alicyclic amines) is 1. The topological polar surface area (TPSA) is 165 Å². The summed E-state index contributed by atoms with van der Waals surface area (Å²) < 4.78 is 16.0. The Morgan fingerprint density at radius 2 is 1.92 bits per heavy atom. The third kappa shape index (κ3) is 3.89. The Morgan fingerprint density at radius 3 is 2.54 bits per heavy atom. The molecule has 1 aromatic carbocycles. The third-order valence-corrected chi connectivity index (χ3v) is 9.04. The second kappa shape index (κ2) is 9.42. The van der Waals surface area contributed by atoms with Crippen LogP contribution in [0, 0.1) is 17.7 Å². The van der Waals surface area contributed by atoms with Gasteiger partial charge in [-0.1, -0.05) is 6.42 Å². The normalized spacial score (nSPS) is 31.3. The molecule has 1 saturated carbocycles. The highest BCUT2D eigenvalue weighted by Gasteiger charge is 2.64. The number of benzene rings is 1. The summed E-state index contributed by atoms with van der Waals surface area (Å²) in [6.45, 7) is 3.16. The van der Waals surface area contributed by atoms with Gasteiger partial charge in [0.15, 0.2) is 11.4 Å². The van der Waals surface area contributed by atoms with E-state index in [-0.39, 0.29) is 47.7 Å². The van der Waals surface area contributed by atoms with Crippen LogP contribution in [-0.4, -0.2) is 86.0 Å². The number of nitrogens with zero attached hydrogens (tertiary/aromatic N) is 2. The minimum Gasteiger partial charge on any atom is -0.508 e. The number of ketones is 2. The molecule has 0 unspecified atom stereocenters. The minimum atomic E-state index is -2.72. The van der Waals surface area contributed by atoms with Gasteiger partial charge in [0, 0.05) is 35.2 Å². The van der Waals surface area contributed by atoms with E-state index in [0.29, 0.717) is 0 Å². The van der Waals surface area contributed by atoms with E-state index in [4.69, 9.17) is 5.73 Å². The quantitative estimate of drug-likeness (QED) is 0.354. The van der Waals surface area contributed by atoms with E-state index in [1.54, 1.807) is 0 Å². The molecule has 4 aliphatic rings. The van der Waals surface area contributed by atoms with Gasteiger partial charge < -0.3 is 26.2 Å². The molecule has 0 aromatic heterocycles. The Labute approximate surface area is 225 Å². The Hall–Kier alpha value is -3.28. The summed E-state index contributed by atoms with van der Waals surface area (Å²) in [5, 5.41) is 44.6. The van der Waals surface area contributed by atoms with Crippen molar-refractivity contribution in [2.24, 2.45) is 17.6 Å².